The van der Waals surface area contributed by atoms with Gasteiger partial charge in [-0.15, -0.1) is 0 Å². The minimum absolute atomic E-state index is 0.0189. The number of ether oxygens (including phenoxy) is 2. The largest absolute Gasteiger partial charge is 0.459 e. The number of esters is 2. The molecular formula is C12H22ClNO4. The number of hydrogen-bond donors (Lipinski definition) is 1. The zero-order valence-electron chi connectivity index (χ0n) is 11.4. The fraction of sp³-hybridized carbons (Fsp3) is 0.833. The number of nitrogens with two attached hydrogens (primary N) is 1. The van der Waals surface area contributed by atoms with Crippen LogP contribution in [0, 0.1) is 11.8 Å². The third-order valence-corrected chi connectivity index (χ3v) is 2.32. The molecule has 18 heavy (non-hydrogen) atoms. The van der Waals surface area contributed by atoms with E-state index < -0.39 is 23.5 Å². The van der Waals surface area contributed by atoms with Crippen LogP contribution in [0.3, 0.4) is 0 Å². The fourth-order valence-electron chi connectivity index (χ4n) is 1.31. The van der Waals surface area contributed by atoms with E-state index in [9.17, 15) is 9.59 Å². The lowest BCUT2D eigenvalue weighted by molar-refractivity contribution is -0.169. The Morgan fingerprint density at radius 1 is 1.28 bits per heavy atom. The van der Waals surface area contributed by atoms with E-state index in [1.807, 2.05) is 6.92 Å². The van der Waals surface area contributed by atoms with Gasteiger partial charge in [0.25, 0.3) is 0 Å². The molecule has 0 aliphatic rings. The van der Waals surface area contributed by atoms with Gasteiger partial charge in [-0.3, -0.25) is 9.59 Å². The van der Waals surface area contributed by atoms with Crippen LogP contribution in [-0.4, -0.2) is 30.2 Å². The van der Waals surface area contributed by atoms with Gasteiger partial charge in [0.1, 0.15) is 5.60 Å². The molecule has 5 nitrogen and oxygen atoms in total. The summed E-state index contributed by atoms with van der Waals surface area (Å²) in [5, 5.41) is 0. The van der Waals surface area contributed by atoms with Crippen molar-refractivity contribution in [2.24, 2.45) is 17.6 Å². The minimum Gasteiger partial charge on any atom is -0.459 e. The molecule has 0 rings (SSSR count). The number of carbonyl (C=O) groups excluding carboxylic acids is 2. The summed E-state index contributed by atoms with van der Waals surface area (Å²) in [6.45, 7) is 7.45. The van der Waals surface area contributed by atoms with Gasteiger partial charge in [-0.2, -0.15) is 0 Å². The Kier molecular flexibility index (Phi) is 7.25. The average molecular weight is 280 g/mol. The minimum atomic E-state index is -0.971. The van der Waals surface area contributed by atoms with E-state index in [0.717, 1.165) is 0 Å². The predicted octanol–water partition coefficient (Wildman–Crippen LogP) is 1.67. The molecule has 2 unspecified atom stereocenters. The van der Waals surface area contributed by atoms with Gasteiger partial charge in [-0.25, -0.2) is 0 Å². The van der Waals surface area contributed by atoms with Crippen molar-refractivity contribution in [1.29, 1.82) is 0 Å². The first-order valence-electron chi connectivity index (χ1n) is 5.86. The summed E-state index contributed by atoms with van der Waals surface area (Å²) >= 11 is 5.33. The van der Waals surface area contributed by atoms with Crippen LogP contribution in [0.15, 0.2) is 0 Å². The van der Waals surface area contributed by atoms with E-state index in [1.54, 1.807) is 20.8 Å². The SMILES string of the molecule is CC(CN)CC(C(=O)OCCl)C(=O)OC(C)(C)C. The maximum atomic E-state index is 11.9. The number of halogens is 1. The molecule has 0 saturated heterocycles. The zero-order chi connectivity index (χ0) is 14.3. The normalized spacial score (nSPS) is 14.8. The summed E-state index contributed by atoms with van der Waals surface area (Å²) < 4.78 is 9.86. The Hall–Kier alpha value is -0.810. The van der Waals surface area contributed by atoms with Gasteiger partial charge < -0.3 is 15.2 Å². The quantitative estimate of drug-likeness (QED) is 0.454. The summed E-state index contributed by atoms with van der Waals surface area (Å²) in [4.78, 5) is 23.6. The van der Waals surface area contributed by atoms with E-state index in [1.165, 1.54) is 0 Å². The van der Waals surface area contributed by atoms with Gasteiger partial charge in [0.15, 0.2) is 12.0 Å². The number of rotatable bonds is 6. The van der Waals surface area contributed by atoms with Crippen LogP contribution in [0.1, 0.15) is 34.1 Å². The molecule has 6 heteroatoms. The Morgan fingerprint density at radius 2 is 1.83 bits per heavy atom. The first-order chi connectivity index (χ1) is 8.21. The van der Waals surface area contributed by atoms with Crippen molar-refractivity contribution in [2.45, 2.75) is 39.7 Å². The van der Waals surface area contributed by atoms with Crippen LogP contribution < -0.4 is 5.73 Å². The van der Waals surface area contributed by atoms with E-state index in [4.69, 9.17) is 22.1 Å². The van der Waals surface area contributed by atoms with Gasteiger partial charge in [-0.05, 0) is 39.7 Å². The Morgan fingerprint density at radius 3 is 2.22 bits per heavy atom. The lowest BCUT2D eigenvalue weighted by Gasteiger charge is -2.24. The second kappa shape index (κ2) is 7.59. The molecule has 106 valence electrons. The molecule has 0 bridgehead atoms. The Labute approximate surface area is 113 Å². The standard InChI is InChI=1S/C12H22ClNO4/c1-8(6-14)5-9(10(15)17-7-13)11(16)18-12(2,3)4/h8-9H,5-7,14H2,1-4H3. The first kappa shape index (κ1) is 17.2. The van der Waals surface area contributed by atoms with Crippen LogP contribution in [-0.2, 0) is 19.1 Å². The van der Waals surface area contributed by atoms with Crippen LogP contribution in [0.25, 0.3) is 0 Å². The highest BCUT2D eigenvalue weighted by Crippen LogP contribution is 2.19. The van der Waals surface area contributed by atoms with Crippen LogP contribution in [0.2, 0.25) is 0 Å². The van der Waals surface area contributed by atoms with Gasteiger partial charge in [-0.1, -0.05) is 18.5 Å². The molecule has 0 aromatic heterocycles. The number of carbonyl (C=O) groups is 2. The smallest absolute Gasteiger partial charge is 0.321 e. The lowest BCUT2D eigenvalue weighted by atomic mass is 9.95. The average Bonchev–Trinajstić information content (AvgIpc) is 2.23. The fourth-order valence-corrected chi connectivity index (χ4v) is 1.42. The van der Waals surface area contributed by atoms with Gasteiger partial charge in [0, 0.05) is 0 Å². The Bertz CT molecular complexity index is 288. The van der Waals surface area contributed by atoms with E-state index in [2.05, 4.69) is 4.74 Å². The summed E-state index contributed by atoms with van der Waals surface area (Å²) in [6.07, 6.45) is 0.293. The lowest BCUT2D eigenvalue weighted by Crippen LogP contribution is -2.35. The second-order valence-electron chi connectivity index (χ2n) is 5.24. The molecule has 0 spiro atoms. The van der Waals surface area contributed by atoms with Crippen molar-refractivity contribution < 1.29 is 19.1 Å². The second-order valence-corrected chi connectivity index (χ2v) is 5.45. The maximum absolute atomic E-state index is 11.9. The van der Waals surface area contributed by atoms with Crippen LogP contribution in [0.4, 0.5) is 0 Å². The van der Waals surface area contributed by atoms with Crippen molar-refractivity contribution in [1.82, 2.24) is 0 Å². The maximum Gasteiger partial charge on any atom is 0.321 e. The van der Waals surface area contributed by atoms with Crippen LogP contribution >= 0.6 is 11.6 Å². The summed E-state index contributed by atoms with van der Waals surface area (Å²) in [6, 6.07) is -0.283. The molecule has 0 aliphatic carbocycles. The zero-order valence-corrected chi connectivity index (χ0v) is 12.1. The summed E-state index contributed by atoms with van der Waals surface area (Å²) in [5.41, 5.74) is 4.84. The van der Waals surface area contributed by atoms with Crippen molar-refractivity contribution >= 4 is 23.5 Å². The molecule has 0 aliphatic heterocycles. The van der Waals surface area contributed by atoms with Crippen molar-refractivity contribution in [3.05, 3.63) is 0 Å². The summed E-state index contributed by atoms with van der Waals surface area (Å²) in [5.74, 6) is -2.22. The third kappa shape index (κ3) is 6.81. The third-order valence-electron chi connectivity index (χ3n) is 2.21. The van der Waals surface area contributed by atoms with E-state index in [0.29, 0.717) is 13.0 Å². The molecule has 0 heterocycles. The van der Waals surface area contributed by atoms with Crippen molar-refractivity contribution in [3.63, 3.8) is 0 Å². The highest BCUT2D eigenvalue weighted by atomic mass is 35.5. The number of alkyl halides is 1. The molecule has 2 atom stereocenters. The van der Waals surface area contributed by atoms with E-state index >= 15 is 0 Å². The van der Waals surface area contributed by atoms with Crippen molar-refractivity contribution in [3.8, 4) is 0 Å². The highest BCUT2D eigenvalue weighted by molar-refractivity contribution is 6.17. The molecule has 0 aromatic rings. The van der Waals surface area contributed by atoms with Crippen LogP contribution in [0.5, 0.6) is 0 Å². The monoisotopic (exact) mass is 279 g/mol. The molecule has 0 aromatic carbocycles. The van der Waals surface area contributed by atoms with Gasteiger partial charge >= 0.3 is 11.9 Å². The molecule has 0 fully saturated rings. The Balaban J connectivity index is 4.74. The first-order valence-corrected chi connectivity index (χ1v) is 6.40. The molecule has 0 saturated carbocycles. The van der Waals surface area contributed by atoms with Crippen molar-refractivity contribution in [2.75, 3.05) is 12.6 Å². The topological polar surface area (TPSA) is 78.6 Å². The van der Waals surface area contributed by atoms with Gasteiger partial charge in [0.2, 0.25) is 0 Å². The molecule has 2 N–H and O–H groups in total. The molecular weight excluding hydrogens is 258 g/mol. The highest BCUT2D eigenvalue weighted by Gasteiger charge is 2.33. The predicted molar refractivity (Wildman–Crippen MR) is 69.0 cm³/mol. The molecule has 0 amide bonds. The summed E-state index contributed by atoms with van der Waals surface area (Å²) in [7, 11) is 0. The van der Waals surface area contributed by atoms with E-state index in [-0.39, 0.29) is 12.0 Å². The molecule has 0 radical (unpaired) electrons. The van der Waals surface area contributed by atoms with Gasteiger partial charge in [0.05, 0.1) is 0 Å². The number of hydrogen-bond acceptors (Lipinski definition) is 5.